The summed E-state index contributed by atoms with van der Waals surface area (Å²) < 4.78 is 0. The Balaban J connectivity index is 2.33. The SMILES string of the molecule is CCCCC(N=CC1CC1)C(C)CC. The van der Waals surface area contributed by atoms with Crippen molar-refractivity contribution in [2.45, 2.75) is 65.3 Å². The van der Waals surface area contributed by atoms with E-state index >= 15 is 0 Å². The predicted octanol–water partition coefficient (Wildman–Crippen LogP) is 4.07. The normalized spacial score (nSPS) is 21.4. The molecule has 1 aliphatic rings. The predicted molar refractivity (Wildman–Crippen MR) is 64.0 cm³/mol. The van der Waals surface area contributed by atoms with E-state index in [9.17, 15) is 0 Å². The summed E-state index contributed by atoms with van der Waals surface area (Å²) in [6, 6.07) is 0.598. The highest BCUT2D eigenvalue weighted by Crippen LogP contribution is 2.27. The molecule has 1 heteroatoms. The number of hydrogen-bond donors (Lipinski definition) is 0. The molecule has 0 heterocycles. The van der Waals surface area contributed by atoms with Crippen molar-refractivity contribution in [1.82, 2.24) is 0 Å². The highest BCUT2D eigenvalue weighted by molar-refractivity contribution is 5.63. The maximum Gasteiger partial charge on any atom is 0.0521 e. The lowest BCUT2D eigenvalue weighted by atomic mass is 9.95. The Kier molecular flexibility index (Phi) is 5.21. The molecular formula is C13H25N. The fraction of sp³-hybridized carbons (Fsp3) is 0.923. The molecule has 14 heavy (non-hydrogen) atoms. The van der Waals surface area contributed by atoms with Crippen molar-refractivity contribution >= 4 is 6.21 Å². The molecule has 1 fully saturated rings. The fourth-order valence-corrected chi connectivity index (χ4v) is 1.67. The van der Waals surface area contributed by atoms with E-state index in [1.54, 1.807) is 0 Å². The standard InChI is InChI=1S/C13H25N/c1-4-6-7-13(11(3)5-2)14-10-12-8-9-12/h10-13H,4-9H2,1-3H3. The summed E-state index contributed by atoms with van der Waals surface area (Å²) in [6.45, 7) is 6.87. The highest BCUT2D eigenvalue weighted by atomic mass is 14.8. The lowest BCUT2D eigenvalue weighted by molar-refractivity contribution is 0.412. The van der Waals surface area contributed by atoms with Crippen LogP contribution in [0.25, 0.3) is 0 Å². The molecule has 0 bridgehead atoms. The molecule has 0 amide bonds. The van der Waals surface area contributed by atoms with E-state index in [-0.39, 0.29) is 0 Å². The van der Waals surface area contributed by atoms with E-state index in [0.717, 1.165) is 11.8 Å². The zero-order chi connectivity index (χ0) is 10.4. The molecule has 0 aromatic rings. The summed E-state index contributed by atoms with van der Waals surface area (Å²) in [5.41, 5.74) is 0. The van der Waals surface area contributed by atoms with Crippen LogP contribution >= 0.6 is 0 Å². The Hall–Kier alpha value is -0.330. The minimum atomic E-state index is 0.598. The molecule has 82 valence electrons. The topological polar surface area (TPSA) is 12.4 Å². The molecule has 1 rings (SSSR count). The third kappa shape index (κ3) is 4.26. The van der Waals surface area contributed by atoms with Crippen molar-refractivity contribution in [1.29, 1.82) is 0 Å². The maximum atomic E-state index is 4.77. The first kappa shape index (κ1) is 11.7. The number of rotatable bonds is 7. The van der Waals surface area contributed by atoms with Gasteiger partial charge < -0.3 is 0 Å². The molecule has 1 nitrogen and oxygen atoms in total. The monoisotopic (exact) mass is 195 g/mol. The quantitative estimate of drug-likeness (QED) is 0.543. The van der Waals surface area contributed by atoms with Gasteiger partial charge in [0.15, 0.2) is 0 Å². The molecule has 0 N–H and O–H groups in total. The van der Waals surface area contributed by atoms with Crippen LogP contribution in [0, 0.1) is 11.8 Å². The number of nitrogens with zero attached hydrogens (tertiary/aromatic N) is 1. The van der Waals surface area contributed by atoms with Crippen molar-refractivity contribution < 1.29 is 0 Å². The van der Waals surface area contributed by atoms with Gasteiger partial charge in [-0.25, -0.2) is 0 Å². The largest absolute Gasteiger partial charge is 0.294 e. The second-order valence-electron chi connectivity index (χ2n) is 4.73. The first-order valence-corrected chi connectivity index (χ1v) is 6.31. The molecule has 0 aromatic carbocycles. The van der Waals surface area contributed by atoms with Crippen LogP contribution in [0.5, 0.6) is 0 Å². The van der Waals surface area contributed by atoms with Crippen LogP contribution in [0.3, 0.4) is 0 Å². The van der Waals surface area contributed by atoms with E-state index in [1.807, 2.05) is 0 Å². The van der Waals surface area contributed by atoms with Crippen molar-refractivity contribution in [2.75, 3.05) is 0 Å². The average molecular weight is 195 g/mol. The molecule has 0 saturated heterocycles. The minimum absolute atomic E-state index is 0.598. The van der Waals surface area contributed by atoms with Crippen LogP contribution in [0.1, 0.15) is 59.3 Å². The van der Waals surface area contributed by atoms with E-state index in [2.05, 4.69) is 27.0 Å². The Bertz CT molecular complexity index is 170. The Morgan fingerprint density at radius 3 is 2.57 bits per heavy atom. The first-order valence-electron chi connectivity index (χ1n) is 6.31. The first-order chi connectivity index (χ1) is 6.77. The van der Waals surface area contributed by atoms with Crippen molar-refractivity contribution in [3.8, 4) is 0 Å². The molecule has 0 aromatic heterocycles. The van der Waals surface area contributed by atoms with Gasteiger partial charge in [0.05, 0.1) is 6.04 Å². The van der Waals surface area contributed by atoms with Gasteiger partial charge in [-0.2, -0.15) is 0 Å². The lowest BCUT2D eigenvalue weighted by Gasteiger charge is -2.18. The van der Waals surface area contributed by atoms with Crippen LogP contribution < -0.4 is 0 Å². The molecule has 2 unspecified atom stereocenters. The molecule has 0 spiro atoms. The van der Waals surface area contributed by atoms with Crippen LogP contribution in [-0.2, 0) is 0 Å². The van der Waals surface area contributed by atoms with Gasteiger partial charge in [-0.05, 0) is 31.1 Å². The fourth-order valence-electron chi connectivity index (χ4n) is 1.67. The smallest absolute Gasteiger partial charge is 0.0521 e. The van der Waals surface area contributed by atoms with E-state index < -0.39 is 0 Å². The van der Waals surface area contributed by atoms with Crippen molar-refractivity contribution in [2.24, 2.45) is 16.8 Å². The molecule has 0 aliphatic heterocycles. The number of hydrogen-bond acceptors (Lipinski definition) is 1. The van der Waals surface area contributed by atoms with Crippen LogP contribution in [0.15, 0.2) is 4.99 Å². The van der Waals surface area contributed by atoms with Gasteiger partial charge in [-0.1, -0.05) is 40.0 Å². The Labute approximate surface area is 89.0 Å². The van der Waals surface area contributed by atoms with E-state index in [0.29, 0.717) is 6.04 Å². The molecular weight excluding hydrogens is 170 g/mol. The molecule has 1 aliphatic carbocycles. The summed E-state index contributed by atoms with van der Waals surface area (Å²) in [7, 11) is 0. The summed E-state index contributed by atoms with van der Waals surface area (Å²) in [4.78, 5) is 4.77. The van der Waals surface area contributed by atoms with Crippen LogP contribution in [0.4, 0.5) is 0 Å². The average Bonchev–Trinajstić information content (AvgIpc) is 3.01. The van der Waals surface area contributed by atoms with Crippen LogP contribution in [0.2, 0.25) is 0 Å². The zero-order valence-corrected chi connectivity index (χ0v) is 10.00. The van der Waals surface area contributed by atoms with Crippen molar-refractivity contribution in [3.63, 3.8) is 0 Å². The zero-order valence-electron chi connectivity index (χ0n) is 10.00. The lowest BCUT2D eigenvalue weighted by Crippen LogP contribution is -2.15. The maximum absolute atomic E-state index is 4.77. The minimum Gasteiger partial charge on any atom is -0.294 e. The summed E-state index contributed by atoms with van der Waals surface area (Å²) in [6.07, 6.45) is 10.2. The van der Waals surface area contributed by atoms with Gasteiger partial charge >= 0.3 is 0 Å². The molecule has 1 saturated carbocycles. The highest BCUT2D eigenvalue weighted by Gasteiger charge is 2.20. The molecule has 0 radical (unpaired) electrons. The third-order valence-electron chi connectivity index (χ3n) is 3.26. The second kappa shape index (κ2) is 6.21. The van der Waals surface area contributed by atoms with Gasteiger partial charge in [0.2, 0.25) is 0 Å². The van der Waals surface area contributed by atoms with Gasteiger partial charge in [-0.15, -0.1) is 0 Å². The summed E-state index contributed by atoms with van der Waals surface area (Å²) in [5, 5.41) is 0. The summed E-state index contributed by atoms with van der Waals surface area (Å²) >= 11 is 0. The summed E-state index contributed by atoms with van der Waals surface area (Å²) in [5.74, 6) is 1.60. The van der Waals surface area contributed by atoms with Gasteiger partial charge in [0.1, 0.15) is 0 Å². The number of unbranched alkanes of at least 4 members (excludes halogenated alkanes) is 1. The second-order valence-corrected chi connectivity index (χ2v) is 4.73. The van der Waals surface area contributed by atoms with Gasteiger partial charge in [0.25, 0.3) is 0 Å². The van der Waals surface area contributed by atoms with Crippen LogP contribution in [-0.4, -0.2) is 12.3 Å². The van der Waals surface area contributed by atoms with Gasteiger partial charge in [0, 0.05) is 6.21 Å². The Morgan fingerprint density at radius 2 is 2.07 bits per heavy atom. The Morgan fingerprint density at radius 1 is 1.36 bits per heavy atom. The van der Waals surface area contributed by atoms with Crippen molar-refractivity contribution in [3.05, 3.63) is 0 Å². The third-order valence-corrected chi connectivity index (χ3v) is 3.26. The van der Waals surface area contributed by atoms with E-state index in [1.165, 1.54) is 38.5 Å². The number of aliphatic imine (C=N–C) groups is 1. The molecule has 2 atom stereocenters. The van der Waals surface area contributed by atoms with Gasteiger partial charge in [-0.3, -0.25) is 4.99 Å². The van der Waals surface area contributed by atoms with E-state index in [4.69, 9.17) is 4.99 Å².